The number of aromatic amines is 1. The Bertz CT molecular complexity index is 581. The minimum atomic E-state index is -0.0349. The summed E-state index contributed by atoms with van der Waals surface area (Å²) in [4.78, 5) is 28.1. The Morgan fingerprint density at radius 2 is 1.84 bits per heavy atom. The van der Waals surface area contributed by atoms with Crippen molar-refractivity contribution in [2.24, 2.45) is 0 Å². The van der Waals surface area contributed by atoms with E-state index in [2.05, 4.69) is 11.1 Å². The Kier molecular flexibility index (Phi) is 3.07. The number of imide groups is 1. The van der Waals surface area contributed by atoms with Gasteiger partial charge in [0.15, 0.2) is 0 Å². The van der Waals surface area contributed by atoms with E-state index in [1.807, 2.05) is 24.3 Å². The average Bonchev–Trinajstić information content (AvgIpc) is 2.81. The maximum Gasteiger partial charge on any atom is 0.229 e. The maximum atomic E-state index is 11.7. The van der Waals surface area contributed by atoms with Gasteiger partial charge in [-0.3, -0.25) is 14.5 Å². The summed E-state index contributed by atoms with van der Waals surface area (Å²) in [6.45, 7) is 0.477. The molecule has 0 aliphatic carbocycles. The third-order valence-corrected chi connectivity index (χ3v) is 3.57. The van der Waals surface area contributed by atoms with Crippen molar-refractivity contribution in [1.29, 1.82) is 0 Å². The Balaban J connectivity index is 1.71. The molecular weight excluding hydrogens is 240 g/mol. The molecule has 1 aromatic carbocycles. The zero-order chi connectivity index (χ0) is 13.2. The highest BCUT2D eigenvalue weighted by atomic mass is 16.2. The van der Waals surface area contributed by atoms with Crippen molar-refractivity contribution >= 4 is 22.7 Å². The summed E-state index contributed by atoms with van der Waals surface area (Å²) < 4.78 is 0. The first kappa shape index (κ1) is 12.0. The van der Waals surface area contributed by atoms with Crippen LogP contribution in [0.4, 0.5) is 0 Å². The summed E-state index contributed by atoms with van der Waals surface area (Å²) in [6, 6.07) is 10.1. The Morgan fingerprint density at radius 1 is 1.11 bits per heavy atom. The van der Waals surface area contributed by atoms with E-state index in [9.17, 15) is 9.59 Å². The average molecular weight is 256 g/mol. The van der Waals surface area contributed by atoms with Gasteiger partial charge in [-0.2, -0.15) is 0 Å². The number of hydrogen-bond donors (Lipinski definition) is 1. The van der Waals surface area contributed by atoms with E-state index in [0.717, 1.165) is 16.6 Å². The number of amides is 2. The maximum absolute atomic E-state index is 11.7. The van der Waals surface area contributed by atoms with E-state index in [1.54, 1.807) is 0 Å². The third-order valence-electron chi connectivity index (χ3n) is 3.57. The number of rotatable bonds is 3. The predicted octanol–water partition coefficient (Wildman–Crippen LogP) is 2.25. The largest absolute Gasteiger partial charge is 0.358 e. The monoisotopic (exact) mass is 256 g/mol. The summed E-state index contributed by atoms with van der Waals surface area (Å²) in [5.41, 5.74) is 2.15. The molecule has 2 aromatic rings. The number of H-pyrrole nitrogens is 1. The molecule has 4 heteroatoms. The molecule has 19 heavy (non-hydrogen) atoms. The van der Waals surface area contributed by atoms with Gasteiger partial charge < -0.3 is 4.98 Å². The van der Waals surface area contributed by atoms with Crippen molar-refractivity contribution in [1.82, 2.24) is 9.88 Å². The zero-order valence-corrected chi connectivity index (χ0v) is 10.7. The van der Waals surface area contributed by atoms with E-state index in [0.29, 0.717) is 32.2 Å². The second-order valence-electron chi connectivity index (χ2n) is 4.92. The van der Waals surface area contributed by atoms with E-state index >= 15 is 0 Å². The van der Waals surface area contributed by atoms with E-state index in [-0.39, 0.29) is 11.8 Å². The lowest BCUT2D eigenvalue weighted by Crippen LogP contribution is -2.41. The fourth-order valence-corrected chi connectivity index (χ4v) is 2.55. The number of aromatic nitrogens is 1. The molecule has 3 rings (SSSR count). The van der Waals surface area contributed by atoms with Gasteiger partial charge in [0.05, 0.1) is 0 Å². The number of hydrogen-bond acceptors (Lipinski definition) is 2. The molecule has 0 saturated carbocycles. The molecular formula is C15H16N2O2. The van der Waals surface area contributed by atoms with E-state index in [1.165, 1.54) is 4.90 Å². The van der Waals surface area contributed by atoms with Gasteiger partial charge in [0.25, 0.3) is 0 Å². The smallest absolute Gasteiger partial charge is 0.229 e. The first-order chi connectivity index (χ1) is 9.24. The first-order valence-electron chi connectivity index (χ1n) is 6.64. The van der Waals surface area contributed by atoms with Crippen LogP contribution in [0.5, 0.6) is 0 Å². The molecule has 4 nitrogen and oxygen atoms in total. The second kappa shape index (κ2) is 4.88. The third kappa shape index (κ3) is 2.38. The Hall–Kier alpha value is -2.10. The fourth-order valence-electron chi connectivity index (χ4n) is 2.55. The van der Waals surface area contributed by atoms with E-state index < -0.39 is 0 Å². The highest BCUT2D eigenvalue weighted by Crippen LogP contribution is 2.17. The van der Waals surface area contributed by atoms with Crippen molar-refractivity contribution < 1.29 is 9.59 Å². The summed E-state index contributed by atoms with van der Waals surface area (Å²) in [7, 11) is 0. The zero-order valence-electron chi connectivity index (χ0n) is 10.7. The molecule has 98 valence electrons. The van der Waals surface area contributed by atoms with Gasteiger partial charge in [-0.25, -0.2) is 0 Å². The van der Waals surface area contributed by atoms with Gasteiger partial charge in [0.2, 0.25) is 11.8 Å². The lowest BCUT2D eigenvalue weighted by molar-refractivity contribution is -0.147. The van der Waals surface area contributed by atoms with Crippen molar-refractivity contribution in [2.75, 3.05) is 6.54 Å². The molecule has 0 bridgehead atoms. The van der Waals surface area contributed by atoms with Gasteiger partial charge in [-0.1, -0.05) is 18.2 Å². The van der Waals surface area contributed by atoms with Crippen LogP contribution in [0.1, 0.15) is 25.0 Å². The van der Waals surface area contributed by atoms with Crippen molar-refractivity contribution in [2.45, 2.75) is 25.7 Å². The van der Waals surface area contributed by atoms with Gasteiger partial charge >= 0.3 is 0 Å². The topological polar surface area (TPSA) is 53.2 Å². The molecule has 0 unspecified atom stereocenters. The van der Waals surface area contributed by atoms with Crippen LogP contribution in [0.3, 0.4) is 0 Å². The van der Waals surface area contributed by atoms with E-state index in [4.69, 9.17) is 0 Å². The van der Waals surface area contributed by atoms with Gasteiger partial charge in [-0.15, -0.1) is 0 Å². The molecule has 1 saturated heterocycles. The van der Waals surface area contributed by atoms with Crippen LogP contribution in [0.2, 0.25) is 0 Å². The summed E-state index contributed by atoms with van der Waals surface area (Å²) in [5, 5.41) is 1.16. The number of nitrogens with zero attached hydrogens (tertiary/aromatic N) is 1. The van der Waals surface area contributed by atoms with Crippen molar-refractivity contribution in [3.05, 3.63) is 36.0 Å². The molecule has 2 heterocycles. The van der Waals surface area contributed by atoms with Gasteiger partial charge in [0.1, 0.15) is 0 Å². The van der Waals surface area contributed by atoms with Crippen LogP contribution in [-0.2, 0) is 16.0 Å². The van der Waals surface area contributed by atoms with Crippen LogP contribution in [0, 0.1) is 0 Å². The van der Waals surface area contributed by atoms with Gasteiger partial charge in [-0.05, 0) is 23.9 Å². The minimum Gasteiger partial charge on any atom is -0.358 e. The summed E-state index contributed by atoms with van der Waals surface area (Å²) in [5.74, 6) is -0.0697. The lowest BCUT2D eigenvalue weighted by Gasteiger charge is -2.24. The van der Waals surface area contributed by atoms with Crippen LogP contribution in [0.15, 0.2) is 30.3 Å². The summed E-state index contributed by atoms with van der Waals surface area (Å²) in [6.07, 6.45) is 2.38. The molecule has 0 spiro atoms. The number of carbonyl (C=O) groups is 2. The molecule has 2 amide bonds. The van der Waals surface area contributed by atoms with Crippen LogP contribution >= 0.6 is 0 Å². The Morgan fingerprint density at radius 3 is 2.58 bits per heavy atom. The highest BCUT2D eigenvalue weighted by molar-refractivity contribution is 5.97. The molecule has 0 atom stereocenters. The van der Waals surface area contributed by atoms with Crippen molar-refractivity contribution in [3.63, 3.8) is 0 Å². The van der Waals surface area contributed by atoms with Crippen LogP contribution in [0.25, 0.3) is 10.9 Å². The lowest BCUT2D eigenvalue weighted by atomic mass is 10.1. The number of piperidine rings is 1. The van der Waals surface area contributed by atoms with Crippen LogP contribution < -0.4 is 0 Å². The number of para-hydroxylation sites is 1. The number of likely N-dealkylation sites (tertiary alicyclic amines) is 1. The SMILES string of the molecule is O=C1CCCC(=O)N1CCc1cc2ccccc2[nH]1. The molecule has 1 fully saturated rings. The molecule has 1 aromatic heterocycles. The van der Waals surface area contributed by atoms with Crippen LogP contribution in [-0.4, -0.2) is 28.2 Å². The second-order valence-corrected chi connectivity index (χ2v) is 4.92. The first-order valence-corrected chi connectivity index (χ1v) is 6.64. The fraction of sp³-hybridized carbons (Fsp3) is 0.333. The minimum absolute atomic E-state index is 0.0349. The highest BCUT2D eigenvalue weighted by Gasteiger charge is 2.25. The molecule has 0 radical (unpaired) electrons. The van der Waals surface area contributed by atoms with Gasteiger partial charge in [0, 0.05) is 37.0 Å². The standard InChI is InChI=1S/C15H16N2O2/c18-14-6-3-7-15(19)17(14)9-8-12-10-11-4-1-2-5-13(11)16-12/h1-2,4-5,10,16H,3,6-9H2. The summed E-state index contributed by atoms with van der Waals surface area (Å²) >= 11 is 0. The number of benzene rings is 1. The predicted molar refractivity (Wildman–Crippen MR) is 72.6 cm³/mol. The molecule has 1 aliphatic rings. The number of nitrogens with one attached hydrogen (secondary N) is 1. The number of fused-ring (bicyclic) bond motifs is 1. The van der Waals surface area contributed by atoms with Crippen molar-refractivity contribution in [3.8, 4) is 0 Å². The molecule has 1 aliphatic heterocycles. The normalized spacial score (nSPS) is 16.3. The quantitative estimate of drug-likeness (QED) is 0.856. The number of carbonyl (C=O) groups excluding carboxylic acids is 2. The Labute approximate surface area is 111 Å². The molecule has 1 N–H and O–H groups in total.